The largest absolute Gasteiger partial charge is 0.473 e. The number of aromatic nitrogens is 1. The summed E-state index contributed by atoms with van der Waals surface area (Å²) in [5, 5.41) is 0.111. The van der Waals surface area contributed by atoms with Crippen LogP contribution in [0.1, 0.15) is 23.2 Å². The van der Waals surface area contributed by atoms with Crippen LogP contribution in [-0.4, -0.2) is 56.7 Å². The third-order valence-corrected chi connectivity index (χ3v) is 5.62. The SMILES string of the molecule is CN1CCC(Oc2ncc(Oc3cc(F)c(C(=O)NS(C)(=O)=O)cc3Cl)cc2Cl)CC1. The van der Waals surface area contributed by atoms with Crippen molar-refractivity contribution in [1.29, 1.82) is 0 Å². The smallest absolute Gasteiger partial charge is 0.267 e. The fourth-order valence-corrected chi connectivity index (χ4v) is 3.79. The summed E-state index contributed by atoms with van der Waals surface area (Å²) >= 11 is 12.3. The molecule has 0 bridgehead atoms. The molecular formula is C19H20Cl2FN3O5S. The zero-order valence-electron chi connectivity index (χ0n) is 16.7. The van der Waals surface area contributed by atoms with Crippen LogP contribution in [0.2, 0.25) is 10.0 Å². The van der Waals surface area contributed by atoms with Crippen LogP contribution in [0, 0.1) is 5.82 Å². The number of pyridine rings is 1. The summed E-state index contributed by atoms with van der Waals surface area (Å²) in [5.74, 6) is -1.81. The number of nitrogens with zero attached hydrogens (tertiary/aromatic N) is 2. The van der Waals surface area contributed by atoms with Crippen molar-refractivity contribution in [3.63, 3.8) is 0 Å². The number of hydrogen-bond donors (Lipinski definition) is 1. The lowest BCUT2D eigenvalue weighted by molar-refractivity contribution is 0.0977. The normalized spacial score (nSPS) is 15.5. The third-order valence-electron chi connectivity index (χ3n) is 4.50. The van der Waals surface area contributed by atoms with Gasteiger partial charge in [0.15, 0.2) is 0 Å². The Morgan fingerprint density at radius 1 is 1.23 bits per heavy atom. The topological polar surface area (TPSA) is 97.8 Å². The van der Waals surface area contributed by atoms with Crippen LogP contribution >= 0.6 is 23.2 Å². The molecule has 3 rings (SSSR count). The lowest BCUT2D eigenvalue weighted by atomic mass is 10.1. The van der Waals surface area contributed by atoms with E-state index in [1.165, 1.54) is 12.3 Å². The predicted octanol–water partition coefficient (Wildman–Crippen LogP) is 3.48. The molecule has 2 heterocycles. The van der Waals surface area contributed by atoms with Crippen LogP contribution in [-0.2, 0) is 10.0 Å². The van der Waals surface area contributed by atoms with Crippen LogP contribution in [0.25, 0.3) is 0 Å². The number of benzene rings is 1. The molecule has 0 atom stereocenters. The van der Waals surface area contributed by atoms with Crippen molar-refractivity contribution in [1.82, 2.24) is 14.6 Å². The number of sulfonamides is 1. The van der Waals surface area contributed by atoms with E-state index in [1.54, 1.807) is 4.72 Å². The first-order valence-corrected chi connectivity index (χ1v) is 11.9. The predicted molar refractivity (Wildman–Crippen MR) is 114 cm³/mol. The molecule has 2 aromatic rings. The molecule has 31 heavy (non-hydrogen) atoms. The number of rotatable bonds is 6. The molecule has 1 aliphatic heterocycles. The number of carbonyl (C=O) groups is 1. The number of carbonyl (C=O) groups excluding carboxylic acids is 1. The number of likely N-dealkylation sites (tertiary alicyclic amines) is 1. The van der Waals surface area contributed by atoms with Crippen molar-refractivity contribution >= 4 is 39.1 Å². The summed E-state index contributed by atoms with van der Waals surface area (Å²) in [5.41, 5.74) is -0.541. The van der Waals surface area contributed by atoms with Gasteiger partial charge in [0.1, 0.15) is 28.4 Å². The minimum atomic E-state index is -3.86. The number of ether oxygens (including phenoxy) is 2. The van der Waals surface area contributed by atoms with E-state index in [-0.39, 0.29) is 33.5 Å². The van der Waals surface area contributed by atoms with E-state index in [2.05, 4.69) is 9.88 Å². The molecule has 0 aliphatic carbocycles. The second kappa shape index (κ2) is 9.56. The van der Waals surface area contributed by atoms with Crippen molar-refractivity contribution in [2.24, 2.45) is 0 Å². The van der Waals surface area contributed by atoms with Gasteiger partial charge in [0, 0.05) is 25.2 Å². The second-order valence-electron chi connectivity index (χ2n) is 7.15. The number of piperidine rings is 1. The zero-order chi connectivity index (χ0) is 22.8. The van der Waals surface area contributed by atoms with Crippen molar-refractivity contribution in [2.45, 2.75) is 18.9 Å². The van der Waals surface area contributed by atoms with E-state index in [0.717, 1.165) is 44.3 Å². The lowest BCUT2D eigenvalue weighted by Gasteiger charge is -2.29. The summed E-state index contributed by atoms with van der Waals surface area (Å²) < 4.78 is 49.7. The monoisotopic (exact) mass is 491 g/mol. The third kappa shape index (κ3) is 6.42. The van der Waals surface area contributed by atoms with Gasteiger partial charge in [-0.1, -0.05) is 23.2 Å². The Morgan fingerprint density at radius 3 is 2.52 bits per heavy atom. The van der Waals surface area contributed by atoms with Crippen molar-refractivity contribution < 1.29 is 27.1 Å². The highest BCUT2D eigenvalue weighted by molar-refractivity contribution is 7.89. The molecule has 0 radical (unpaired) electrons. The Bertz CT molecular complexity index is 1090. The zero-order valence-corrected chi connectivity index (χ0v) is 19.0. The highest BCUT2D eigenvalue weighted by Crippen LogP contribution is 2.34. The fraction of sp³-hybridized carbons (Fsp3) is 0.368. The molecule has 1 saturated heterocycles. The molecule has 1 N–H and O–H groups in total. The van der Waals surface area contributed by atoms with Gasteiger partial charge in [-0.3, -0.25) is 4.79 Å². The summed E-state index contributed by atoms with van der Waals surface area (Å²) in [7, 11) is -1.81. The maximum absolute atomic E-state index is 14.3. The maximum atomic E-state index is 14.3. The summed E-state index contributed by atoms with van der Waals surface area (Å²) in [6.07, 6.45) is 3.87. The van der Waals surface area contributed by atoms with Crippen LogP contribution in [0.3, 0.4) is 0 Å². The van der Waals surface area contributed by atoms with E-state index in [9.17, 15) is 17.6 Å². The second-order valence-corrected chi connectivity index (χ2v) is 9.71. The molecule has 1 aliphatic rings. The highest BCUT2D eigenvalue weighted by atomic mass is 35.5. The van der Waals surface area contributed by atoms with Crippen LogP contribution in [0.4, 0.5) is 4.39 Å². The van der Waals surface area contributed by atoms with Gasteiger partial charge in [0.2, 0.25) is 15.9 Å². The molecule has 168 valence electrons. The van der Waals surface area contributed by atoms with Gasteiger partial charge in [-0.05, 0) is 26.0 Å². The first-order valence-electron chi connectivity index (χ1n) is 9.21. The van der Waals surface area contributed by atoms with Crippen LogP contribution < -0.4 is 14.2 Å². The average Bonchev–Trinajstić information content (AvgIpc) is 2.67. The Hall–Kier alpha value is -2.14. The molecule has 1 fully saturated rings. The summed E-state index contributed by atoms with van der Waals surface area (Å²) in [4.78, 5) is 18.3. The van der Waals surface area contributed by atoms with Gasteiger partial charge in [-0.25, -0.2) is 22.5 Å². The van der Waals surface area contributed by atoms with Gasteiger partial charge in [-0.15, -0.1) is 0 Å². The van der Waals surface area contributed by atoms with Crippen molar-refractivity contribution in [2.75, 3.05) is 26.4 Å². The Kier molecular flexibility index (Phi) is 7.25. The molecule has 0 spiro atoms. The highest BCUT2D eigenvalue weighted by Gasteiger charge is 2.21. The molecule has 0 unspecified atom stereocenters. The Labute approximate surface area is 189 Å². The van der Waals surface area contributed by atoms with Gasteiger partial charge < -0.3 is 14.4 Å². The molecule has 8 nitrogen and oxygen atoms in total. The van der Waals surface area contributed by atoms with E-state index < -0.39 is 27.3 Å². The molecular weight excluding hydrogens is 472 g/mol. The standard InChI is InChI=1S/C19H20Cl2FN3O5S/c1-25-5-3-11(4-6-25)30-19-15(21)7-12(10-23-19)29-17-9-16(22)13(8-14(17)20)18(26)24-31(2,27)28/h7-11H,3-6H2,1-2H3,(H,24,26). The number of nitrogens with one attached hydrogen (secondary N) is 1. The molecule has 12 heteroatoms. The lowest BCUT2D eigenvalue weighted by Crippen LogP contribution is -2.35. The first kappa shape index (κ1) is 23.5. The van der Waals surface area contributed by atoms with E-state index in [4.69, 9.17) is 32.7 Å². The van der Waals surface area contributed by atoms with Crippen molar-refractivity contribution in [3.05, 3.63) is 45.8 Å². The number of amides is 1. The first-order chi connectivity index (χ1) is 14.5. The number of hydrogen-bond acceptors (Lipinski definition) is 7. The van der Waals surface area contributed by atoms with Gasteiger partial charge >= 0.3 is 0 Å². The molecule has 1 amide bonds. The Balaban J connectivity index is 1.73. The van der Waals surface area contributed by atoms with Crippen LogP contribution in [0.5, 0.6) is 17.4 Å². The molecule has 1 aromatic carbocycles. The summed E-state index contributed by atoms with van der Waals surface area (Å²) in [6.45, 7) is 1.84. The van der Waals surface area contributed by atoms with Crippen LogP contribution in [0.15, 0.2) is 24.4 Å². The Morgan fingerprint density at radius 2 is 1.90 bits per heavy atom. The van der Waals surface area contributed by atoms with E-state index in [1.807, 2.05) is 7.05 Å². The minimum absolute atomic E-state index is 0.0159. The van der Waals surface area contributed by atoms with Crippen molar-refractivity contribution in [3.8, 4) is 17.4 Å². The van der Waals surface area contributed by atoms with Gasteiger partial charge in [-0.2, -0.15) is 0 Å². The van der Waals surface area contributed by atoms with E-state index >= 15 is 0 Å². The fourth-order valence-electron chi connectivity index (χ4n) is 2.94. The average molecular weight is 492 g/mol. The molecule has 0 saturated carbocycles. The van der Waals surface area contributed by atoms with E-state index in [0.29, 0.717) is 0 Å². The quantitative estimate of drug-likeness (QED) is 0.660. The van der Waals surface area contributed by atoms with Gasteiger partial charge in [0.05, 0.1) is 23.0 Å². The van der Waals surface area contributed by atoms with Gasteiger partial charge in [0.25, 0.3) is 5.91 Å². The number of halogens is 3. The maximum Gasteiger partial charge on any atom is 0.267 e. The molecule has 1 aromatic heterocycles. The summed E-state index contributed by atoms with van der Waals surface area (Å²) in [6, 6.07) is 3.30. The minimum Gasteiger partial charge on any atom is -0.473 e.